The molecule has 0 saturated heterocycles. The SMILES string of the molecule is CC(C)/C(=C/c1cc(F)c(F)cc1F)CN. The molecule has 1 aromatic rings. The molecule has 0 spiro atoms. The van der Waals surface area contributed by atoms with Crippen LogP contribution in [0.25, 0.3) is 6.08 Å². The molecule has 0 heterocycles. The van der Waals surface area contributed by atoms with E-state index in [0.717, 1.165) is 11.6 Å². The molecule has 0 aliphatic carbocycles. The summed E-state index contributed by atoms with van der Waals surface area (Å²) in [6.45, 7) is 4.06. The van der Waals surface area contributed by atoms with Crippen molar-refractivity contribution in [1.29, 1.82) is 0 Å². The molecule has 0 bridgehead atoms. The highest BCUT2D eigenvalue weighted by Gasteiger charge is 2.09. The Bertz CT molecular complexity index is 411. The summed E-state index contributed by atoms with van der Waals surface area (Å²) in [5, 5.41) is 0. The zero-order valence-corrected chi connectivity index (χ0v) is 9.23. The number of nitrogens with two attached hydrogens (primary N) is 1. The molecule has 0 fully saturated rings. The van der Waals surface area contributed by atoms with Gasteiger partial charge in [-0.05, 0) is 12.0 Å². The molecule has 0 unspecified atom stereocenters. The Morgan fingerprint density at radius 1 is 1.19 bits per heavy atom. The van der Waals surface area contributed by atoms with Crippen LogP contribution in [-0.4, -0.2) is 6.54 Å². The lowest BCUT2D eigenvalue weighted by Crippen LogP contribution is -2.08. The van der Waals surface area contributed by atoms with Gasteiger partial charge in [0.1, 0.15) is 5.82 Å². The van der Waals surface area contributed by atoms with Crippen molar-refractivity contribution < 1.29 is 13.2 Å². The fraction of sp³-hybridized carbons (Fsp3) is 0.333. The van der Waals surface area contributed by atoms with Crippen LogP contribution in [0.2, 0.25) is 0 Å². The van der Waals surface area contributed by atoms with Crippen LogP contribution in [0.5, 0.6) is 0 Å². The maximum atomic E-state index is 13.3. The average Bonchev–Trinajstić information content (AvgIpc) is 2.21. The van der Waals surface area contributed by atoms with E-state index in [1.165, 1.54) is 6.08 Å². The highest BCUT2D eigenvalue weighted by atomic mass is 19.2. The summed E-state index contributed by atoms with van der Waals surface area (Å²) in [5.74, 6) is -2.90. The van der Waals surface area contributed by atoms with E-state index < -0.39 is 17.5 Å². The van der Waals surface area contributed by atoms with Gasteiger partial charge < -0.3 is 5.73 Å². The van der Waals surface area contributed by atoms with Crippen molar-refractivity contribution in [3.8, 4) is 0 Å². The van der Waals surface area contributed by atoms with E-state index in [0.29, 0.717) is 6.07 Å². The summed E-state index contributed by atoms with van der Waals surface area (Å²) in [7, 11) is 0. The molecular weight excluding hydrogens is 215 g/mol. The van der Waals surface area contributed by atoms with Crippen molar-refractivity contribution in [2.75, 3.05) is 6.54 Å². The van der Waals surface area contributed by atoms with Gasteiger partial charge >= 0.3 is 0 Å². The monoisotopic (exact) mass is 229 g/mol. The van der Waals surface area contributed by atoms with E-state index in [-0.39, 0.29) is 18.0 Å². The third-order valence-corrected chi connectivity index (χ3v) is 2.36. The van der Waals surface area contributed by atoms with Crippen LogP contribution in [0.1, 0.15) is 19.4 Å². The van der Waals surface area contributed by atoms with Gasteiger partial charge in [0.25, 0.3) is 0 Å². The molecule has 1 aromatic carbocycles. The first-order valence-electron chi connectivity index (χ1n) is 5.00. The molecule has 1 nitrogen and oxygen atoms in total. The van der Waals surface area contributed by atoms with Crippen LogP contribution in [0.4, 0.5) is 13.2 Å². The summed E-state index contributed by atoms with van der Waals surface area (Å²) < 4.78 is 38.9. The van der Waals surface area contributed by atoms with Crippen molar-refractivity contribution in [2.24, 2.45) is 11.7 Å². The molecule has 2 N–H and O–H groups in total. The van der Waals surface area contributed by atoms with Gasteiger partial charge in [0.05, 0.1) is 0 Å². The van der Waals surface area contributed by atoms with Crippen molar-refractivity contribution in [3.05, 3.63) is 40.7 Å². The van der Waals surface area contributed by atoms with Crippen LogP contribution in [0, 0.1) is 23.4 Å². The normalized spacial score (nSPS) is 12.3. The Morgan fingerprint density at radius 3 is 2.25 bits per heavy atom. The summed E-state index contributed by atoms with van der Waals surface area (Å²) in [6, 6.07) is 1.37. The molecule has 0 saturated carbocycles. The molecule has 0 aliphatic rings. The second-order valence-corrected chi connectivity index (χ2v) is 3.87. The van der Waals surface area contributed by atoms with Gasteiger partial charge in [0.2, 0.25) is 0 Å². The molecule has 0 amide bonds. The second-order valence-electron chi connectivity index (χ2n) is 3.87. The van der Waals surface area contributed by atoms with Crippen LogP contribution in [0.15, 0.2) is 17.7 Å². The smallest absolute Gasteiger partial charge is 0.161 e. The number of hydrogen-bond acceptors (Lipinski definition) is 1. The number of halogens is 3. The second kappa shape index (κ2) is 5.16. The maximum absolute atomic E-state index is 13.3. The van der Waals surface area contributed by atoms with E-state index in [4.69, 9.17) is 5.73 Å². The van der Waals surface area contributed by atoms with Gasteiger partial charge in [-0.1, -0.05) is 25.5 Å². The molecular formula is C12H14F3N. The maximum Gasteiger partial charge on any atom is 0.161 e. The number of hydrogen-bond donors (Lipinski definition) is 1. The van der Waals surface area contributed by atoms with Gasteiger partial charge in [0, 0.05) is 18.2 Å². The quantitative estimate of drug-likeness (QED) is 0.792. The minimum Gasteiger partial charge on any atom is -0.327 e. The minimum atomic E-state index is -1.19. The highest BCUT2D eigenvalue weighted by molar-refractivity contribution is 5.54. The Hall–Kier alpha value is -1.29. The topological polar surface area (TPSA) is 26.0 Å². The van der Waals surface area contributed by atoms with Crippen LogP contribution >= 0.6 is 0 Å². The fourth-order valence-electron chi connectivity index (χ4n) is 1.31. The van der Waals surface area contributed by atoms with Crippen molar-refractivity contribution in [3.63, 3.8) is 0 Å². The first-order chi connectivity index (χ1) is 7.45. The summed E-state index contributed by atoms with van der Waals surface area (Å²) >= 11 is 0. The number of rotatable bonds is 3. The molecule has 0 aromatic heterocycles. The molecule has 0 radical (unpaired) electrons. The zero-order valence-electron chi connectivity index (χ0n) is 9.23. The van der Waals surface area contributed by atoms with Crippen LogP contribution in [-0.2, 0) is 0 Å². The Labute approximate surface area is 92.8 Å². The van der Waals surface area contributed by atoms with Crippen molar-refractivity contribution in [1.82, 2.24) is 0 Å². The molecule has 0 aliphatic heterocycles. The molecule has 0 atom stereocenters. The lowest BCUT2D eigenvalue weighted by atomic mass is 10.0. The van der Waals surface area contributed by atoms with Gasteiger partial charge in [0.15, 0.2) is 11.6 Å². The van der Waals surface area contributed by atoms with E-state index >= 15 is 0 Å². The lowest BCUT2D eigenvalue weighted by Gasteiger charge is -2.09. The number of benzene rings is 1. The highest BCUT2D eigenvalue weighted by Crippen LogP contribution is 2.19. The Balaban J connectivity index is 3.18. The van der Waals surface area contributed by atoms with Gasteiger partial charge in [-0.15, -0.1) is 0 Å². The average molecular weight is 229 g/mol. The van der Waals surface area contributed by atoms with Gasteiger partial charge in [-0.25, -0.2) is 13.2 Å². The van der Waals surface area contributed by atoms with E-state index in [1.807, 2.05) is 13.8 Å². The minimum absolute atomic E-state index is 0.0213. The first-order valence-corrected chi connectivity index (χ1v) is 5.00. The molecule has 4 heteroatoms. The third-order valence-electron chi connectivity index (χ3n) is 2.36. The standard InChI is InChI=1S/C12H14F3N/c1-7(2)9(6-16)3-8-4-11(14)12(15)5-10(8)13/h3-5,7H,6,16H2,1-2H3/b9-3+. The first kappa shape index (κ1) is 12.8. The van der Waals surface area contributed by atoms with Gasteiger partial charge in [-0.2, -0.15) is 0 Å². The predicted octanol–water partition coefficient (Wildman–Crippen LogP) is 3.10. The molecule has 1 rings (SSSR count). The largest absolute Gasteiger partial charge is 0.327 e. The third kappa shape index (κ3) is 2.85. The van der Waals surface area contributed by atoms with E-state index in [1.54, 1.807) is 0 Å². The molecule has 16 heavy (non-hydrogen) atoms. The summed E-state index contributed by atoms with van der Waals surface area (Å²) in [4.78, 5) is 0. The van der Waals surface area contributed by atoms with Crippen LogP contribution < -0.4 is 5.73 Å². The summed E-state index contributed by atoms with van der Waals surface area (Å²) in [5.41, 5.74) is 6.28. The van der Waals surface area contributed by atoms with Crippen molar-refractivity contribution >= 4 is 6.08 Å². The van der Waals surface area contributed by atoms with Crippen molar-refractivity contribution in [2.45, 2.75) is 13.8 Å². The Kier molecular flexibility index (Phi) is 4.12. The summed E-state index contributed by atoms with van der Waals surface area (Å²) in [6.07, 6.45) is 1.46. The van der Waals surface area contributed by atoms with Gasteiger partial charge in [-0.3, -0.25) is 0 Å². The van der Waals surface area contributed by atoms with Crippen LogP contribution in [0.3, 0.4) is 0 Å². The predicted molar refractivity (Wildman–Crippen MR) is 58.2 cm³/mol. The van der Waals surface area contributed by atoms with E-state index in [9.17, 15) is 13.2 Å². The fourth-order valence-corrected chi connectivity index (χ4v) is 1.31. The van der Waals surface area contributed by atoms with E-state index in [2.05, 4.69) is 0 Å². The Morgan fingerprint density at radius 2 is 1.75 bits per heavy atom. The zero-order chi connectivity index (χ0) is 12.3. The molecule has 88 valence electrons. The lowest BCUT2D eigenvalue weighted by molar-refractivity contribution is 0.494.